The van der Waals surface area contributed by atoms with Gasteiger partial charge in [-0.25, -0.2) is 4.79 Å². The highest BCUT2D eigenvalue weighted by Gasteiger charge is 2.11. The van der Waals surface area contributed by atoms with E-state index in [0.29, 0.717) is 12.5 Å². The predicted molar refractivity (Wildman–Crippen MR) is 77.6 cm³/mol. The van der Waals surface area contributed by atoms with Crippen LogP contribution in [0.4, 0.5) is 4.79 Å². The van der Waals surface area contributed by atoms with Gasteiger partial charge in [0.2, 0.25) is 0 Å². The van der Waals surface area contributed by atoms with Crippen LogP contribution < -0.4 is 10.6 Å². The fraction of sp³-hybridized carbons (Fsp3) is 0.438. The highest BCUT2D eigenvalue weighted by atomic mass is 16.2. The molecule has 2 amide bonds. The molecule has 1 aromatic carbocycles. The molecule has 102 valence electrons. The second kappa shape index (κ2) is 6.98. The number of hydrogen-bond donors (Lipinski definition) is 2. The highest BCUT2D eigenvalue weighted by Crippen LogP contribution is 2.25. The normalized spacial score (nSPS) is 15.8. The minimum absolute atomic E-state index is 0.141. The van der Waals surface area contributed by atoms with E-state index in [-0.39, 0.29) is 6.03 Å². The van der Waals surface area contributed by atoms with Gasteiger partial charge < -0.3 is 10.6 Å². The van der Waals surface area contributed by atoms with Gasteiger partial charge in [0.05, 0.1) is 0 Å². The summed E-state index contributed by atoms with van der Waals surface area (Å²) in [6, 6.07) is 7.93. The van der Waals surface area contributed by atoms with Crippen LogP contribution in [0.15, 0.2) is 36.5 Å². The number of nitrogens with one attached hydrogen (secondary N) is 2. The Morgan fingerprint density at radius 3 is 2.79 bits per heavy atom. The molecule has 0 aliphatic heterocycles. The Morgan fingerprint density at radius 2 is 2.05 bits per heavy atom. The van der Waals surface area contributed by atoms with Gasteiger partial charge in [0, 0.05) is 12.7 Å². The molecule has 0 bridgehead atoms. The minimum Gasteiger partial charge on any atom is -0.334 e. The molecule has 0 spiro atoms. The zero-order valence-corrected chi connectivity index (χ0v) is 11.5. The number of benzene rings is 1. The van der Waals surface area contributed by atoms with E-state index < -0.39 is 0 Å². The Bertz CT molecular complexity index is 448. The van der Waals surface area contributed by atoms with Crippen LogP contribution in [0, 0.1) is 12.8 Å². The lowest BCUT2D eigenvalue weighted by molar-refractivity contribution is 0.243. The van der Waals surface area contributed by atoms with Crippen molar-refractivity contribution in [2.75, 3.05) is 0 Å². The van der Waals surface area contributed by atoms with E-state index >= 15 is 0 Å². The van der Waals surface area contributed by atoms with Gasteiger partial charge in [0.1, 0.15) is 0 Å². The third-order valence-corrected chi connectivity index (χ3v) is 3.68. The summed E-state index contributed by atoms with van der Waals surface area (Å²) in [5.41, 5.74) is 2.35. The maximum absolute atomic E-state index is 11.6. The summed E-state index contributed by atoms with van der Waals surface area (Å²) in [5.74, 6) is 0.650. The van der Waals surface area contributed by atoms with Crippen LogP contribution in [0.5, 0.6) is 0 Å². The average Bonchev–Trinajstić information content (AvgIpc) is 2.91. The van der Waals surface area contributed by atoms with Crippen molar-refractivity contribution in [3.8, 4) is 0 Å². The molecule has 0 unspecified atom stereocenters. The molecule has 2 rings (SSSR count). The standard InChI is InChI=1S/C16H22N2O/c1-13-6-2-5-9-15(13)12-18-16(19)17-11-10-14-7-3-4-8-14/h2,5-6,9-11,14H,3-4,7-8,12H2,1H3,(H2,17,18,19)/b11-10+. The number of amides is 2. The molecule has 19 heavy (non-hydrogen) atoms. The number of aryl methyl sites for hydroxylation is 1. The number of carbonyl (C=O) groups is 1. The van der Waals surface area contributed by atoms with Crippen molar-refractivity contribution >= 4 is 6.03 Å². The lowest BCUT2D eigenvalue weighted by atomic mass is 10.1. The molecular weight excluding hydrogens is 236 g/mol. The number of hydrogen-bond acceptors (Lipinski definition) is 1. The third-order valence-electron chi connectivity index (χ3n) is 3.68. The molecule has 1 aliphatic rings. The van der Waals surface area contributed by atoms with Crippen LogP contribution in [0.3, 0.4) is 0 Å². The van der Waals surface area contributed by atoms with Gasteiger partial charge in [0.15, 0.2) is 0 Å². The van der Waals surface area contributed by atoms with E-state index in [9.17, 15) is 4.79 Å². The van der Waals surface area contributed by atoms with Gasteiger partial charge >= 0.3 is 6.03 Å². The summed E-state index contributed by atoms with van der Waals surface area (Å²) in [6.07, 6.45) is 9.03. The van der Waals surface area contributed by atoms with Crippen molar-refractivity contribution in [3.63, 3.8) is 0 Å². The Kier molecular flexibility index (Phi) is 5.01. The summed E-state index contributed by atoms with van der Waals surface area (Å²) < 4.78 is 0. The van der Waals surface area contributed by atoms with Gasteiger partial charge in [-0.05, 0) is 36.8 Å². The first-order valence-electron chi connectivity index (χ1n) is 7.01. The molecule has 1 saturated carbocycles. The van der Waals surface area contributed by atoms with Crippen molar-refractivity contribution < 1.29 is 4.79 Å². The van der Waals surface area contributed by atoms with Gasteiger partial charge in [-0.1, -0.05) is 43.2 Å². The summed E-state index contributed by atoms with van der Waals surface area (Å²) in [5, 5.41) is 5.63. The van der Waals surface area contributed by atoms with Gasteiger partial charge in [0.25, 0.3) is 0 Å². The van der Waals surface area contributed by atoms with Crippen LogP contribution in [-0.4, -0.2) is 6.03 Å². The molecule has 2 N–H and O–H groups in total. The Hall–Kier alpha value is -1.77. The largest absolute Gasteiger partial charge is 0.334 e. The molecule has 0 saturated heterocycles. The summed E-state index contributed by atoms with van der Waals surface area (Å²) in [4.78, 5) is 11.6. The van der Waals surface area contributed by atoms with Crippen LogP contribution in [-0.2, 0) is 6.54 Å². The van der Waals surface area contributed by atoms with Crippen LogP contribution in [0.1, 0.15) is 36.8 Å². The molecule has 1 aromatic rings. The maximum atomic E-state index is 11.6. The Labute approximate surface area is 115 Å². The summed E-state index contributed by atoms with van der Waals surface area (Å²) in [7, 11) is 0. The lowest BCUT2D eigenvalue weighted by Crippen LogP contribution is -2.31. The monoisotopic (exact) mass is 258 g/mol. The molecule has 1 fully saturated rings. The third kappa shape index (κ3) is 4.43. The molecule has 1 aliphatic carbocycles. The zero-order valence-electron chi connectivity index (χ0n) is 11.5. The van der Waals surface area contributed by atoms with Crippen LogP contribution in [0.2, 0.25) is 0 Å². The molecule has 3 nitrogen and oxygen atoms in total. The number of allylic oxidation sites excluding steroid dienone is 1. The van der Waals surface area contributed by atoms with Gasteiger partial charge in [-0.15, -0.1) is 0 Å². The fourth-order valence-electron chi connectivity index (χ4n) is 2.44. The SMILES string of the molecule is Cc1ccccc1CNC(=O)N/C=C/C1CCCC1. The van der Waals surface area contributed by atoms with Gasteiger partial charge in [-0.3, -0.25) is 0 Å². The van der Waals surface area contributed by atoms with Gasteiger partial charge in [-0.2, -0.15) is 0 Å². The van der Waals surface area contributed by atoms with Crippen LogP contribution >= 0.6 is 0 Å². The van der Waals surface area contributed by atoms with E-state index in [1.54, 1.807) is 6.20 Å². The molecule has 0 atom stereocenters. The molecule has 0 radical (unpaired) electrons. The van der Waals surface area contributed by atoms with E-state index in [4.69, 9.17) is 0 Å². The topological polar surface area (TPSA) is 41.1 Å². The highest BCUT2D eigenvalue weighted by molar-refractivity contribution is 5.74. The van der Waals surface area contributed by atoms with E-state index in [0.717, 1.165) is 5.56 Å². The van der Waals surface area contributed by atoms with Crippen LogP contribution in [0.25, 0.3) is 0 Å². The predicted octanol–water partition coefficient (Wildman–Crippen LogP) is 3.50. The van der Waals surface area contributed by atoms with Crippen molar-refractivity contribution in [1.82, 2.24) is 10.6 Å². The second-order valence-electron chi connectivity index (χ2n) is 5.16. The van der Waals surface area contributed by atoms with Crippen molar-refractivity contribution in [1.29, 1.82) is 0 Å². The Balaban J connectivity index is 1.71. The first kappa shape index (κ1) is 13.7. The fourth-order valence-corrected chi connectivity index (χ4v) is 2.44. The number of rotatable bonds is 4. The molecule has 0 aromatic heterocycles. The quantitative estimate of drug-likeness (QED) is 0.852. The molecule has 0 heterocycles. The summed E-state index contributed by atoms with van der Waals surface area (Å²) >= 11 is 0. The first-order valence-corrected chi connectivity index (χ1v) is 7.01. The average molecular weight is 258 g/mol. The van der Waals surface area contributed by atoms with E-state index in [1.165, 1.54) is 31.2 Å². The van der Waals surface area contributed by atoms with E-state index in [2.05, 4.69) is 29.7 Å². The molecule has 3 heteroatoms. The lowest BCUT2D eigenvalue weighted by Gasteiger charge is -2.07. The first-order chi connectivity index (χ1) is 9.25. The molecular formula is C16H22N2O. The minimum atomic E-state index is -0.141. The van der Waals surface area contributed by atoms with Crippen molar-refractivity contribution in [3.05, 3.63) is 47.7 Å². The Morgan fingerprint density at radius 1 is 1.32 bits per heavy atom. The van der Waals surface area contributed by atoms with Crippen molar-refractivity contribution in [2.45, 2.75) is 39.2 Å². The summed E-state index contributed by atoms with van der Waals surface area (Å²) in [6.45, 7) is 2.62. The smallest absolute Gasteiger partial charge is 0.319 e. The van der Waals surface area contributed by atoms with E-state index in [1.807, 2.05) is 18.2 Å². The number of urea groups is 1. The maximum Gasteiger partial charge on any atom is 0.319 e. The zero-order chi connectivity index (χ0) is 13.5. The van der Waals surface area contributed by atoms with Crippen molar-refractivity contribution in [2.24, 2.45) is 5.92 Å². The second-order valence-corrected chi connectivity index (χ2v) is 5.16. The number of carbonyl (C=O) groups excluding carboxylic acids is 1.